The first-order valence-electron chi connectivity index (χ1n) is 8.74. The van der Waals surface area contributed by atoms with Gasteiger partial charge in [-0.15, -0.1) is 11.3 Å². The van der Waals surface area contributed by atoms with Gasteiger partial charge in [-0.2, -0.15) is 0 Å². The zero-order valence-electron chi connectivity index (χ0n) is 14.1. The summed E-state index contributed by atoms with van der Waals surface area (Å²) in [5, 5.41) is 5.11. The molecule has 0 bridgehead atoms. The number of aromatic amines is 1. The molecular weight excluding hydrogens is 332 g/mol. The minimum Gasteiger partial charge on any atom is -0.351 e. The van der Waals surface area contributed by atoms with E-state index in [-0.39, 0.29) is 11.8 Å². The summed E-state index contributed by atoms with van der Waals surface area (Å²) in [6.45, 7) is 3.34. The number of benzene rings is 1. The molecular formula is C19H22N4OS. The molecule has 1 saturated heterocycles. The maximum absolute atomic E-state index is 12.3. The predicted octanol–water partition coefficient (Wildman–Crippen LogP) is 3.15. The average Bonchev–Trinajstić information content (AvgIpc) is 3.29. The number of hydrogen-bond donors (Lipinski definition) is 2. The third kappa shape index (κ3) is 3.91. The maximum Gasteiger partial charge on any atom is 0.223 e. The molecule has 1 amide bonds. The molecule has 1 aliphatic heterocycles. The molecule has 0 saturated carbocycles. The lowest BCUT2D eigenvalue weighted by atomic mass is 9.96. The van der Waals surface area contributed by atoms with Crippen LogP contribution in [0.25, 0.3) is 11.0 Å². The topological polar surface area (TPSA) is 61.0 Å². The smallest absolute Gasteiger partial charge is 0.223 e. The molecule has 5 nitrogen and oxygen atoms in total. The Hall–Kier alpha value is -2.18. The fourth-order valence-corrected chi connectivity index (χ4v) is 4.02. The highest BCUT2D eigenvalue weighted by atomic mass is 32.1. The molecule has 4 rings (SSSR count). The van der Waals surface area contributed by atoms with Gasteiger partial charge in [0.2, 0.25) is 5.91 Å². The van der Waals surface area contributed by atoms with Crippen LogP contribution in [0.4, 0.5) is 0 Å². The molecule has 1 fully saturated rings. The first-order chi connectivity index (χ1) is 12.3. The molecule has 3 aromatic rings. The molecule has 25 heavy (non-hydrogen) atoms. The Morgan fingerprint density at radius 3 is 2.84 bits per heavy atom. The summed E-state index contributed by atoms with van der Waals surface area (Å²) in [6, 6.07) is 12.2. The van der Waals surface area contributed by atoms with E-state index in [1.165, 1.54) is 4.88 Å². The van der Waals surface area contributed by atoms with E-state index in [0.717, 1.165) is 49.3 Å². The number of likely N-dealkylation sites (tertiary alicyclic amines) is 1. The molecule has 130 valence electrons. The number of thiophene rings is 1. The van der Waals surface area contributed by atoms with Gasteiger partial charge >= 0.3 is 0 Å². The number of aromatic nitrogens is 2. The third-order valence-electron chi connectivity index (χ3n) is 4.79. The van der Waals surface area contributed by atoms with Crippen LogP contribution in [-0.2, 0) is 17.9 Å². The number of H-pyrrole nitrogens is 1. The molecule has 3 heterocycles. The maximum atomic E-state index is 12.3. The van der Waals surface area contributed by atoms with Crippen LogP contribution in [0.1, 0.15) is 23.5 Å². The Morgan fingerprint density at radius 2 is 2.08 bits per heavy atom. The summed E-state index contributed by atoms with van der Waals surface area (Å²) in [7, 11) is 0. The number of fused-ring (bicyclic) bond motifs is 1. The molecule has 0 radical (unpaired) electrons. The second-order valence-electron chi connectivity index (χ2n) is 6.55. The Kier molecular flexibility index (Phi) is 4.81. The number of carbonyl (C=O) groups is 1. The van der Waals surface area contributed by atoms with Crippen molar-refractivity contribution in [2.24, 2.45) is 5.92 Å². The first kappa shape index (κ1) is 16.3. The number of rotatable bonds is 5. The van der Waals surface area contributed by atoms with Crippen LogP contribution in [0, 0.1) is 5.92 Å². The van der Waals surface area contributed by atoms with Crippen molar-refractivity contribution in [2.75, 3.05) is 13.1 Å². The Bertz CT molecular complexity index is 801. The van der Waals surface area contributed by atoms with E-state index in [0.29, 0.717) is 6.54 Å². The van der Waals surface area contributed by atoms with E-state index in [9.17, 15) is 4.79 Å². The number of piperidine rings is 1. The van der Waals surface area contributed by atoms with Gasteiger partial charge in [0.25, 0.3) is 0 Å². The Labute approximate surface area is 151 Å². The van der Waals surface area contributed by atoms with Gasteiger partial charge in [0.15, 0.2) is 0 Å². The molecule has 0 spiro atoms. The van der Waals surface area contributed by atoms with E-state index in [1.807, 2.05) is 29.6 Å². The van der Waals surface area contributed by atoms with Crippen molar-refractivity contribution < 1.29 is 4.79 Å². The van der Waals surface area contributed by atoms with Crippen LogP contribution in [0.2, 0.25) is 0 Å². The van der Waals surface area contributed by atoms with Crippen LogP contribution >= 0.6 is 11.3 Å². The predicted molar refractivity (Wildman–Crippen MR) is 100 cm³/mol. The van der Waals surface area contributed by atoms with Gasteiger partial charge in [-0.3, -0.25) is 9.69 Å². The highest BCUT2D eigenvalue weighted by Gasteiger charge is 2.25. The summed E-state index contributed by atoms with van der Waals surface area (Å²) < 4.78 is 0. The lowest BCUT2D eigenvalue weighted by molar-refractivity contribution is -0.126. The number of carbonyl (C=O) groups excluding carboxylic acids is 1. The quantitative estimate of drug-likeness (QED) is 0.740. The van der Waals surface area contributed by atoms with E-state index in [2.05, 4.69) is 32.3 Å². The second kappa shape index (κ2) is 7.37. The lowest BCUT2D eigenvalue weighted by Gasteiger charge is -2.30. The first-order valence-corrected chi connectivity index (χ1v) is 9.62. The van der Waals surface area contributed by atoms with E-state index >= 15 is 0 Å². The number of hydrogen-bond acceptors (Lipinski definition) is 4. The monoisotopic (exact) mass is 354 g/mol. The van der Waals surface area contributed by atoms with Crippen LogP contribution in [0.15, 0.2) is 41.8 Å². The standard InChI is InChI=1S/C19H22N4OS/c24-19(20-12-15-4-3-11-25-15)14-7-9-23(10-8-14)13-18-21-16-5-1-2-6-17(16)22-18/h1-6,11,14H,7-10,12-13H2,(H,20,24)(H,21,22). The van der Waals surface area contributed by atoms with Crippen molar-refractivity contribution in [1.29, 1.82) is 0 Å². The molecule has 2 aromatic heterocycles. The minimum absolute atomic E-state index is 0.131. The largest absolute Gasteiger partial charge is 0.351 e. The van der Waals surface area contributed by atoms with E-state index in [1.54, 1.807) is 11.3 Å². The minimum atomic E-state index is 0.131. The average molecular weight is 354 g/mol. The van der Waals surface area contributed by atoms with Crippen LogP contribution in [-0.4, -0.2) is 33.9 Å². The molecule has 2 N–H and O–H groups in total. The van der Waals surface area contributed by atoms with E-state index in [4.69, 9.17) is 0 Å². The van der Waals surface area contributed by atoms with Gasteiger partial charge in [-0.1, -0.05) is 18.2 Å². The van der Waals surface area contributed by atoms with Gasteiger partial charge in [0.05, 0.1) is 24.1 Å². The van der Waals surface area contributed by atoms with Gasteiger partial charge < -0.3 is 10.3 Å². The normalized spacial score (nSPS) is 16.3. The van der Waals surface area contributed by atoms with Crippen molar-refractivity contribution in [3.63, 3.8) is 0 Å². The van der Waals surface area contributed by atoms with E-state index < -0.39 is 0 Å². The number of para-hydroxylation sites is 2. The van der Waals surface area contributed by atoms with Gasteiger partial charge in [0.1, 0.15) is 5.82 Å². The molecule has 1 aliphatic rings. The van der Waals surface area contributed by atoms with Gasteiger partial charge in [0, 0.05) is 10.8 Å². The summed E-state index contributed by atoms with van der Waals surface area (Å²) >= 11 is 1.68. The SMILES string of the molecule is O=C(NCc1cccs1)C1CCN(Cc2nc3ccccc3[nH]2)CC1. The third-order valence-corrected chi connectivity index (χ3v) is 5.66. The van der Waals surface area contributed by atoms with Crippen LogP contribution in [0.5, 0.6) is 0 Å². The summed E-state index contributed by atoms with van der Waals surface area (Å²) in [4.78, 5) is 23.9. The Balaban J connectivity index is 1.27. The number of imidazole rings is 1. The van der Waals surface area contributed by atoms with Crippen molar-refractivity contribution in [2.45, 2.75) is 25.9 Å². The fraction of sp³-hybridized carbons (Fsp3) is 0.368. The number of nitrogens with zero attached hydrogens (tertiary/aromatic N) is 2. The highest BCUT2D eigenvalue weighted by molar-refractivity contribution is 7.09. The molecule has 0 atom stereocenters. The molecule has 1 aromatic carbocycles. The van der Waals surface area contributed by atoms with Crippen molar-refractivity contribution in [3.05, 3.63) is 52.5 Å². The summed E-state index contributed by atoms with van der Waals surface area (Å²) in [5.74, 6) is 1.32. The molecule has 0 aliphatic carbocycles. The Morgan fingerprint density at radius 1 is 1.24 bits per heavy atom. The number of amides is 1. The van der Waals surface area contributed by atoms with Crippen molar-refractivity contribution in [1.82, 2.24) is 20.2 Å². The van der Waals surface area contributed by atoms with Crippen LogP contribution in [0.3, 0.4) is 0 Å². The molecule has 0 unspecified atom stereocenters. The van der Waals surface area contributed by atoms with Gasteiger partial charge in [-0.25, -0.2) is 4.98 Å². The fourth-order valence-electron chi connectivity index (χ4n) is 3.38. The molecule has 6 heteroatoms. The number of nitrogens with one attached hydrogen (secondary N) is 2. The zero-order chi connectivity index (χ0) is 17.1. The zero-order valence-corrected chi connectivity index (χ0v) is 14.9. The second-order valence-corrected chi connectivity index (χ2v) is 7.58. The lowest BCUT2D eigenvalue weighted by Crippen LogP contribution is -2.40. The van der Waals surface area contributed by atoms with Crippen molar-refractivity contribution >= 4 is 28.3 Å². The highest BCUT2D eigenvalue weighted by Crippen LogP contribution is 2.20. The summed E-state index contributed by atoms with van der Waals surface area (Å²) in [5.41, 5.74) is 2.10. The van der Waals surface area contributed by atoms with Gasteiger partial charge in [-0.05, 0) is 49.5 Å². The van der Waals surface area contributed by atoms with Crippen LogP contribution < -0.4 is 5.32 Å². The van der Waals surface area contributed by atoms with Crippen molar-refractivity contribution in [3.8, 4) is 0 Å². The summed E-state index contributed by atoms with van der Waals surface area (Å²) in [6.07, 6.45) is 1.83.